The zero-order valence-electron chi connectivity index (χ0n) is 6.99. The first-order valence-corrected chi connectivity index (χ1v) is 3.69. The average Bonchev–Trinajstić information content (AvgIpc) is 1.84. The molecular weight excluding hydrogens is 167 g/mol. The van der Waals surface area contributed by atoms with Crippen LogP contribution in [0.1, 0.15) is 26.2 Å². The minimum atomic E-state index is -4.06. The molecule has 0 unspecified atom stereocenters. The van der Waals surface area contributed by atoms with Gasteiger partial charge in [0.2, 0.25) is 0 Å². The summed E-state index contributed by atoms with van der Waals surface area (Å²) < 4.78 is 34.9. The van der Waals surface area contributed by atoms with Crippen molar-refractivity contribution in [3.8, 4) is 0 Å². The van der Waals surface area contributed by atoms with Crippen molar-refractivity contribution in [2.75, 3.05) is 0 Å². The van der Waals surface area contributed by atoms with Gasteiger partial charge in [-0.1, -0.05) is 6.58 Å². The number of nitrogens with zero attached hydrogens (tertiary/aromatic N) is 1. The maximum Gasteiger partial charge on any atom is 0.389 e. The van der Waals surface area contributed by atoms with Gasteiger partial charge in [0.05, 0.1) is 0 Å². The number of halogens is 3. The Kier molecular flexibility index (Phi) is 4.62. The third-order valence-corrected chi connectivity index (χ3v) is 1.24. The Morgan fingerprint density at radius 2 is 2.08 bits per heavy atom. The third-order valence-electron chi connectivity index (χ3n) is 1.24. The van der Waals surface area contributed by atoms with E-state index in [0.29, 0.717) is 12.1 Å². The van der Waals surface area contributed by atoms with Crippen LogP contribution in [0.3, 0.4) is 0 Å². The van der Waals surface area contributed by atoms with Crippen LogP contribution < -0.4 is 0 Å². The van der Waals surface area contributed by atoms with E-state index in [4.69, 9.17) is 0 Å². The van der Waals surface area contributed by atoms with Crippen LogP contribution in [0.5, 0.6) is 0 Å². The molecule has 1 nitrogen and oxygen atoms in total. The number of allylic oxidation sites excluding steroid dienone is 1. The van der Waals surface area contributed by atoms with Gasteiger partial charge in [-0.3, -0.25) is 4.99 Å². The Labute approximate surface area is 70.0 Å². The summed E-state index contributed by atoms with van der Waals surface area (Å²) in [6.45, 7) is 5.20. The fraction of sp³-hybridized carbons (Fsp3) is 0.625. The number of aliphatic imine (C=N–C) groups is 1. The van der Waals surface area contributed by atoms with Gasteiger partial charge in [0.15, 0.2) is 0 Å². The van der Waals surface area contributed by atoms with Crippen molar-refractivity contribution in [3.63, 3.8) is 0 Å². The molecule has 12 heavy (non-hydrogen) atoms. The molecule has 0 spiro atoms. The molecule has 0 amide bonds. The largest absolute Gasteiger partial charge is 0.389 e. The van der Waals surface area contributed by atoms with Crippen molar-refractivity contribution in [1.29, 1.82) is 0 Å². The average molecular weight is 179 g/mol. The maximum absolute atomic E-state index is 11.6. The van der Waals surface area contributed by atoms with Gasteiger partial charge in [-0.25, -0.2) is 0 Å². The van der Waals surface area contributed by atoms with Crippen molar-refractivity contribution >= 4 is 6.21 Å². The predicted molar refractivity (Wildman–Crippen MR) is 43.2 cm³/mol. The molecule has 0 saturated heterocycles. The molecule has 0 aliphatic heterocycles. The van der Waals surface area contributed by atoms with Gasteiger partial charge in [0.1, 0.15) is 0 Å². The van der Waals surface area contributed by atoms with E-state index in [0.717, 1.165) is 0 Å². The van der Waals surface area contributed by atoms with E-state index < -0.39 is 12.6 Å². The second-order valence-corrected chi connectivity index (χ2v) is 2.42. The molecule has 0 bridgehead atoms. The molecule has 0 N–H and O–H groups in total. The molecule has 0 radical (unpaired) electrons. The van der Waals surface area contributed by atoms with Gasteiger partial charge in [-0.05, 0) is 19.8 Å². The fourth-order valence-corrected chi connectivity index (χ4v) is 0.740. The van der Waals surface area contributed by atoms with Gasteiger partial charge < -0.3 is 0 Å². The molecule has 0 aliphatic rings. The molecule has 0 aromatic carbocycles. The monoisotopic (exact) mass is 179 g/mol. The summed E-state index contributed by atoms with van der Waals surface area (Å²) in [6, 6.07) is 0. The first kappa shape index (κ1) is 11.2. The Morgan fingerprint density at radius 1 is 1.50 bits per heavy atom. The van der Waals surface area contributed by atoms with Crippen molar-refractivity contribution in [2.45, 2.75) is 32.4 Å². The Hall–Kier alpha value is -0.800. The zero-order valence-corrected chi connectivity index (χ0v) is 6.99. The van der Waals surface area contributed by atoms with Crippen molar-refractivity contribution in [2.24, 2.45) is 4.99 Å². The number of hydrogen-bond donors (Lipinski definition) is 0. The summed E-state index contributed by atoms with van der Waals surface area (Å²) in [6.07, 6.45) is -2.92. The van der Waals surface area contributed by atoms with Crippen LogP contribution in [0.25, 0.3) is 0 Å². The van der Waals surface area contributed by atoms with E-state index in [1.165, 1.54) is 6.21 Å². The minimum Gasteiger partial charge on any atom is -0.267 e. The highest BCUT2D eigenvalue weighted by atomic mass is 19.4. The second-order valence-electron chi connectivity index (χ2n) is 2.42. The first-order chi connectivity index (χ1) is 5.45. The lowest BCUT2D eigenvalue weighted by molar-refractivity contribution is -0.135. The smallest absolute Gasteiger partial charge is 0.267 e. The SMILES string of the molecule is C=C(CCCC(F)(F)F)N=CC. The standard InChI is InChI=1S/C8H12F3N/c1-3-12-7(2)5-4-6-8(9,10)11/h3H,2,4-6H2,1H3. The third kappa shape index (κ3) is 7.31. The molecule has 0 aromatic heterocycles. The molecule has 0 heterocycles. The molecular formula is C8H12F3N. The Balaban J connectivity index is 3.51. The van der Waals surface area contributed by atoms with E-state index in [1.807, 2.05) is 0 Å². The van der Waals surface area contributed by atoms with Gasteiger partial charge in [0, 0.05) is 18.3 Å². The molecule has 0 rings (SSSR count). The highest BCUT2D eigenvalue weighted by Gasteiger charge is 2.25. The van der Waals surface area contributed by atoms with Crippen LogP contribution in [0.2, 0.25) is 0 Å². The summed E-state index contributed by atoms with van der Waals surface area (Å²) in [7, 11) is 0. The summed E-state index contributed by atoms with van der Waals surface area (Å²) in [5, 5.41) is 0. The van der Waals surface area contributed by atoms with Crippen molar-refractivity contribution < 1.29 is 13.2 Å². The molecule has 0 aromatic rings. The van der Waals surface area contributed by atoms with Crippen LogP contribution >= 0.6 is 0 Å². The van der Waals surface area contributed by atoms with Crippen molar-refractivity contribution in [1.82, 2.24) is 0 Å². The van der Waals surface area contributed by atoms with Gasteiger partial charge >= 0.3 is 6.18 Å². The lowest BCUT2D eigenvalue weighted by Crippen LogP contribution is -2.06. The Morgan fingerprint density at radius 3 is 2.50 bits per heavy atom. The topological polar surface area (TPSA) is 12.4 Å². The van der Waals surface area contributed by atoms with E-state index in [9.17, 15) is 13.2 Å². The highest BCUT2D eigenvalue weighted by Crippen LogP contribution is 2.23. The van der Waals surface area contributed by atoms with Gasteiger partial charge in [0.25, 0.3) is 0 Å². The fourth-order valence-electron chi connectivity index (χ4n) is 0.740. The molecule has 0 aliphatic carbocycles. The predicted octanol–water partition coefficient (Wildman–Crippen LogP) is 3.32. The first-order valence-electron chi connectivity index (χ1n) is 3.69. The van der Waals surface area contributed by atoms with Crippen LogP contribution in [0, 0.1) is 0 Å². The summed E-state index contributed by atoms with van der Waals surface area (Å²) in [4.78, 5) is 3.76. The lowest BCUT2D eigenvalue weighted by Gasteiger charge is -2.04. The second kappa shape index (κ2) is 4.95. The molecule has 4 heteroatoms. The Bertz CT molecular complexity index is 170. The molecule has 70 valence electrons. The van der Waals surface area contributed by atoms with Crippen LogP contribution in [-0.2, 0) is 0 Å². The molecule has 0 atom stereocenters. The van der Waals surface area contributed by atoms with Gasteiger partial charge in [-0.15, -0.1) is 0 Å². The number of rotatable bonds is 4. The minimum absolute atomic E-state index is 0.0691. The summed E-state index contributed by atoms with van der Waals surface area (Å²) >= 11 is 0. The number of hydrogen-bond acceptors (Lipinski definition) is 1. The molecule has 0 fully saturated rings. The highest BCUT2D eigenvalue weighted by molar-refractivity contribution is 5.54. The lowest BCUT2D eigenvalue weighted by atomic mass is 10.2. The summed E-state index contributed by atoms with van der Waals surface area (Å²) in [5.41, 5.74) is 0.502. The van der Waals surface area contributed by atoms with E-state index in [2.05, 4.69) is 11.6 Å². The van der Waals surface area contributed by atoms with E-state index in [-0.39, 0.29) is 6.42 Å². The quantitative estimate of drug-likeness (QED) is 0.587. The van der Waals surface area contributed by atoms with Crippen molar-refractivity contribution in [3.05, 3.63) is 12.3 Å². The van der Waals surface area contributed by atoms with Gasteiger partial charge in [-0.2, -0.15) is 13.2 Å². The van der Waals surface area contributed by atoms with E-state index >= 15 is 0 Å². The van der Waals surface area contributed by atoms with Crippen LogP contribution in [0.15, 0.2) is 17.3 Å². The maximum atomic E-state index is 11.6. The number of alkyl halides is 3. The zero-order chi connectivity index (χ0) is 9.61. The van der Waals surface area contributed by atoms with E-state index in [1.54, 1.807) is 6.92 Å². The van der Waals surface area contributed by atoms with Crippen LogP contribution in [0.4, 0.5) is 13.2 Å². The normalized spacial score (nSPS) is 12.3. The molecule has 0 saturated carbocycles. The summed E-state index contributed by atoms with van der Waals surface area (Å²) in [5.74, 6) is 0. The van der Waals surface area contributed by atoms with Crippen LogP contribution in [-0.4, -0.2) is 12.4 Å².